The Morgan fingerprint density at radius 2 is 2.22 bits per heavy atom. The monoisotopic (exact) mass is 309 g/mol. The summed E-state index contributed by atoms with van der Waals surface area (Å²) in [6.45, 7) is 6.53. The highest BCUT2D eigenvalue weighted by molar-refractivity contribution is 5.69. The van der Waals surface area contributed by atoms with E-state index in [1.807, 2.05) is 6.08 Å². The van der Waals surface area contributed by atoms with Crippen molar-refractivity contribution in [1.82, 2.24) is 9.55 Å². The van der Waals surface area contributed by atoms with E-state index in [1.165, 1.54) is 41.9 Å². The molecular weight excluding hydrogens is 282 g/mol. The van der Waals surface area contributed by atoms with Gasteiger partial charge in [-0.3, -0.25) is 4.57 Å². The quantitative estimate of drug-likeness (QED) is 0.839. The van der Waals surface area contributed by atoms with Gasteiger partial charge in [0.05, 0.1) is 11.4 Å². The Morgan fingerprint density at radius 3 is 2.96 bits per heavy atom. The second-order valence-corrected chi connectivity index (χ2v) is 6.61. The smallest absolute Gasteiger partial charge is 0.140 e. The molecule has 0 saturated carbocycles. The molecule has 1 aromatic heterocycles. The van der Waals surface area contributed by atoms with Crippen molar-refractivity contribution in [3.05, 3.63) is 47.7 Å². The Bertz CT molecular complexity index is 686. The van der Waals surface area contributed by atoms with E-state index in [0.29, 0.717) is 0 Å². The topological polar surface area (TPSA) is 43.8 Å². The predicted octanol–water partition coefficient (Wildman–Crippen LogP) is 4.91. The summed E-state index contributed by atoms with van der Waals surface area (Å²) in [5, 5.41) is 0. The van der Waals surface area contributed by atoms with Crippen molar-refractivity contribution in [2.45, 2.75) is 58.3 Å². The van der Waals surface area contributed by atoms with Gasteiger partial charge >= 0.3 is 0 Å². The maximum Gasteiger partial charge on any atom is 0.140 e. The van der Waals surface area contributed by atoms with E-state index >= 15 is 0 Å². The first-order chi connectivity index (χ1) is 11.2. The number of hydrogen-bond acceptors (Lipinski definition) is 2. The summed E-state index contributed by atoms with van der Waals surface area (Å²) in [4.78, 5) is 4.96. The van der Waals surface area contributed by atoms with Gasteiger partial charge in [-0.05, 0) is 76.1 Å². The molecule has 1 heterocycles. The van der Waals surface area contributed by atoms with Crippen LogP contribution in [0.2, 0.25) is 0 Å². The van der Waals surface area contributed by atoms with E-state index in [0.717, 1.165) is 43.5 Å². The molecular formula is C20H27N3. The molecule has 0 spiro atoms. The zero-order chi connectivity index (χ0) is 16.2. The van der Waals surface area contributed by atoms with Crippen LogP contribution in [0.25, 0.3) is 17.3 Å². The largest absolute Gasteiger partial charge is 0.405 e. The Morgan fingerprint density at radius 1 is 1.35 bits per heavy atom. The molecule has 2 N–H and O–H groups in total. The van der Waals surface area contributed by atoms with Crippen molar-refractivity contribution < 1.29 is 0 Å². The third-order valence-electron chi connectivity index (χ3n) is 4.75. The molecule has 2 aliphatic rings. The number of fused-ring (bicyclic) bond motifs is 1. The lowest BCUT2D eigenvalue weighted by Crippen LogP contribution is -2.08. The van der Waals surface area contributed by atoms with Gasteiger partial charge in [0.25, 0.3) is 0 Å². The summed E-state index contributed by atoms with van der Waals surface area (Å²) in [6.07, 6.45) is 17.2. The first kappa shape index (κ1) is 15.9. The normalized spacial score (nSPS) is 17.8. The van der Waals surface area contributed by atoms with Crippen molar-refractivity contribution in [3.63, 3.8) is 0 Å². The highest BCUT2D eigenvalue weighted by atomic mass is 15.1. The average molecular weight is 309 g/mol. The summed E-state index contributed by atoms with van der Waals surface area (Å²) in [6, 6.07) is 0. The minimum Gasteiger partial charge on any atom is -0.405 e. The molecule has 0 aromatic carbocycles. The van der Waals surface area contributed by atoms with Gasteiger partial charge in [-0.25, -0.2) is 4.98 Å². The molecule has 0 bridgehead atoms. The molecule has 0 unspecified atom stereocenters. The van der Waals surface area contributed by atoms with Crippen LogP contribution in [0.15, 0.2) is 30.5 Å². The zero-order valence-electron chi connectivity index (χ0n) is 14.1. The predicted molar refractivity (Wildman–Crippen MR) is 98.5 cm³/mol. The number of aryl methyl sites for hydroxylation is 1. The number of imidazole rings is 1. The second kappa shape index (κ2) is 7.03. The van der Waals surface area contributed by atoms with Gasteiger partial charge in [0.1, 0.15) is 5.82 Å². The Balaban J connectivity index is 2.01. The van der Waals surface area contributed by atoms with Crippen LogP contribution in [0.4, 0.5) is 0 Å². The van der Waals surface area contributed by atoms with Gasteiger partial charge in [0.15, 0.2) is 0 Å². The van der Waals surface area contributed by atoms with Crippen molar-refractivity contribution in [2.75, 3.05) is 0 Å². The van der Waals surface area contributed by atoms with E-state index in [1.54, 1.807) is 6.20 Å². The van der Waals surface area contributed by atoms with Crippen molar-refractivity contribution in [1.29, 1.82) is 0 Å². The van der Waals surface area contributed by atoms with E-state index in [-0.39, 0.29) is 0 Å². The molecule has 0 saturated heterocycles. The Hall–Kier alpha value is -2.03. The first-order valence-corrected chi connectivity index (χ1v) is 8.73. The van der Waals surface area contributed by atoms with E-state index < -0.39 is 0 Å². The number of hydrogen-bond donors (Lipinski definition) is 1. The molecule has 0 atom stereocenters. The molecule has 2 aliphatic carbocycles. The van der Waals surface area contributed by atoms with Crippen LogP contribution in [0.5, 0.6) is 0 Å². The summed E-state index contributed by atoms with van der Waals surface area (Å²) < 4.78 is 2.38. The highest BCUT2D eigenvalue weighted by Crippen LogP contribution is 2.34. The fourth-order valence-corrected chi connectivity index (χ4v) is 3.45. The van der Waals surface area contributed by atoms with Crippen LogP contribution in [-0.2, 0) is 6.42 Å². The second-order valence-electron chi connectivity index (χ2n) is 6.61. The lowest BCUT2D eigenvalue weighted by atomic mass is 10.00. The van der Waals surface area contributed by atoms with Gasteiger partial charge in [-0.15, -0.1) is 0 Å². The first-order valence-electron chi connectivity index (χ1n) is 8.73. The minimum absolute atomic E-state index is 0.902. The zero-order valence-corrected chi connectivity index (χ0v) is 14.1. The fraction of sp³-hybridized carbons (Fsp3) is 0.450. The highest BCUT2D eigenvalue weighted by Gasteiger charge is 2.22. The van der Waals surface area contributed by atoms with E-state index in [2.05, 4.69) is 30.2 Å². The number of aromatic nitrogens is 2. The van der Waals surface area contributed by atoms with Crippen LogP contribution >= 0.6 is 0 Å². The lowest BCUT2D eigenvalue weighted by Gasteiger charge is -2.20. The molecule has 3 rings (SSSR count). The molecule has 23 heavy (non-hydrogen) atoms. The molecule has 0 radical (unpaired) electrons. The third kappa shape index (κ3) is 3.34. The van der Waals surface area contributed by atoms with Crippen LogP contribution in [-0.4, -0.2) is 9.55 Å². The van der Waals surface area contributed by atoms with Crippen LogP contribution < -0.4 is 5.73 Å². The Labute approximate surface area is 139 Å². The standard InChI is InChI=1S/C20H27N3/c1-15-11-12-18-19(14-15)23(17-9-4-3-5-10-17)20(22-18)16(2)8-6-7-13-21/h7,9,13-14H,2-6,8,10-12,21H2,1H3/b13-7-. The number of nitrogens with zero attached hydrogens (tertiary/aromatic N) is 2. The van der Waals surface area contributed by atoms with Crippen molar-refractivity contribution in [3.8, 4) is 0 Å². The number of nitrogens with two attached hydrogens (primary N) is 1. The number of rotatable bonds is 5. The minimum atomic E-state index is 0.902. The molecule has 3 nitrogen and oxygen atoms in total. The molecule has 3 heteroatoms. The molecule has 122 valence electrons. The van der Waals surface area contributed by atoms with Gasteiger partial charge in [0.2, 0.25) is 0 Å². The maximum absolute atomic E-state index is 5.45. The van der Waals surface area contributed by atoms with Crippen LogP contribution in [0, 0.1) is 0 Å². The molecule has 0 amide bonds. The third-order valence-corrected chi connectivity index (χ3v) is 4.75. The SMILES string of the molecule is C=C(CC/C=C\N)c1nc2c(n1C1=CCCCC1)C=C(C)CC2. The van der Waals surface area contributed by atoms with Gasteiger partial charge < -0.3 is 5.73 Å². The van der Waals surface area contributed by atoms with Crippen LogP contribution in [0.3, 0.4) is 0 Å². The maximum atomic E-state index is 5.45. The average Bonchev–Trinajstić information content (AvgIpc) is 2.94. The van der Waals surface area contributed by atoms with E-state index in [4.69, 9.17) is 10.7 Å². The summed E-state index contributed by atoms with van der Waals surface area (Å²) in [5.41, 5.74) is 11.9. The summed E-state index contributed by atoms with van der Waals surface area (Å²) in [5.74, 6) is 1.06. The van der Waals surface area contributed by atoms with Crippen molar-refractivity contribution in [2.24, 2.45) is 5.73 Å². The van der Waals surface area contributed by atoms with Crippen molar-refractivity contribution >= 4 is 17.3 Å². The molecule has 1 aromatic rings. The fourth-order valence-electron chi connectivity index (χ4n) is 3.45. The summed E-state index contributed by atoms with van der Waals surface area (Å²) >= 11 is 0. The van der Waals surface area contributed by atoms with Gasteiger partial charge in [-0.2, -0.15) is 0 Å². The van der Waals surface area contributed by atoms with Crippen LogP contribution in [0.1, 0.15) is 69.1 Å². The molecule has 0 aliphatic heterocycles. The van der Waals surface area contributed by atoms with E-state index in [9.17, 15) is 0 Å². The molecule has 0 fully saturated rings. The Kier molecular flexibility index (Phi) is 4.85. The van der Waals surface area contributed by atoms with Gasteiger partial charge in [0, 0.05) is 5.70 Å². The lowest BCUT2D eigenvalue weighted by molar-refractivity contribution is 0.713. The summed E-state index contributed by atoms with van der Waals surface area (Å²) in [7, 11) is 0. The van der Waals surface area contributed by atoms with Gasteiger partial charge in [-0.1, -0.05) is 24.3 Å². The number of allylic oxidation sites excluding steroid dienone is 5.